The second-order valence-electron chi connectivity index (χ2n) is 4.32. The molecule has 118 valence electrons. The molecule has 2 N–H and O–H groups in total. The molecule has 0 aliphatic rings. The molecule has 0 aliphatic carbocycles. The highest BCUT2D eigenvalue weighted by molar-refractivity contribution is 7.99. The summed E-state index contributed by atoms with van der Waals surface area (Å²) in [6.07, 6.45) is 1.85. The van der Waals surface area contributed by atoms with Crippen LogP contribution >= 0.6 is 23.4 Å². The number of hydrogen-bond donors (Lipinski definition) is 1. The molecule has 0 fully saturated rings. The minimum Gasteiger partial charge on any atom is -0.481 e. The molecule has 0 radical (unpaired) electrons. The van der Waals surface area contributed by atoms with Crippen molar-refractivity contribution in [3.05, 3.63) is 40.4 Å². The highest BCUT2D eigenvalue weighted by Crippen LogP contribution is 2.39. The topological polar surface area (TPSA) is 70.3 Å². The Kier molecular flexibility index (Phi) is 5.31. The van der Waals surface area contributed by atoms with Crippen molar-refractivity contribution < 1.29 is 13.9 Å². The summed E-state index contributed by atoms with van der Waals surface area (Å²) in [6, 6.07) is 4.06. The number of ether oxygens (including phenoxy) is 2. The SMILES string of the molecule is COc1cc(OC)nc(C(SC)c2cc(F)cc(Cl)c2N)n1. The Bertz CT molecular complexity index is 665. The van der Waals surface area contributed by atoms with E-state index in [1.165, 1.54) is 38.1 Å². The second-order valence-corrected chi connectivity index (χ2v) is 5.67. The van der Waals surface area contributed by atoms with E-state index in [-0.39, 0.29) is 5.02 Å². The lowest BCUT2D eigenvalue weighted by Gasteiger charge is -2.17. The maximum atomic E-state index is 13.7. The summed E-state index contributed by atoms with van der Waals surface area (Å²) in [6.45, 7) is 0. The summed E-state index contributed by atoms with van der Waals surface area (Å²) >= 11 is 7.36. The van der Waals surface area contributed by atoms with Crippen molar-refractivity contribution in [2.45, 2.75) is 5.25 Å². The van der Waals surface area contributed by atoms with Gasteiger partial charge in [0, 0.05) is 5.56 Å². The molecule has 1 unspecified atom stereocenters. The second kappa shape index (κ2) is 7.02. The molecule has 0 bridgehead atoms. The van der Waals surface area contributed by atoms with Crippen LogP contribution in [0.5, 0.6) is 11.8 Å². The van der Waals surface area contributed by atoms with Gasteiger partial charge in [0.25, 0.3) is 0 Å². The Labute approximate surface area is 137 Å². The average Bonchev–Trinajstić information content (AvgIpc) is 2.52. The van der Waals surface area contributed by atoms with Gasteiger partial charge in [-0.15, -0.1) is 11.8 Å². The zero-order valence-electron chi connectivity index (χ0n) is 12.3. The quantitative estimate of drug-likeness (QED) is 0.840. The van der Waals surface area contributed by atoms with Crippen LogP contribution in [0.25, 0.3) is 0 Å². The highest BCUT2D eigenvalue weighted by atomic mass is 35.5. The number of benzene rings is 1. The fourth-order valence-electron chi connectivity index (χ4n) is 1.94. The van der Waals surface area contributed by atoms with E-state index >= 15 is 0 Å². The van der Waals surface area contributed by atoms with Gasteiger partial charge < -0.3 is 15.2 Å². The molecular formula is C14H15ClFN3O2S. The van der Waals surface area contributed by atoms with Gasteiger partial charge in [-0.05, 0) is 18.4 Å². The third-order valence-corrected chi connectivity index (χ3v) is 4.24. The van der Waals surface area contributed by atoms with E-state index in [1.54, 1.807) is 6.07 Å². The smallest absolute Gasteiger partial charge is 0.220 e. The Morgan fingerprint density at radius 3 is 2.27 bits per heavy atom. The molecule has 5 nitrogen and oxygen atoms in total. The third-order valence-electron chi connectivity index (χ3n) is 2.99. The molecule has 0 amide bonds. The zero-order chi connectivity index (χ0) is 16.3. The van der Waals surface area contributed by atoms with Gasteiger partial charge in [0.05, 0.1) is 36.2 Å². The minimum absolute atomic E-state index is 0.156. The van der Waals surface area contributed by atoms with Crippen molar-refractivity contribution in [1.82, 2.24) is 9.97 Å². The maximum absolute atomic E-state index is 13.7. The van der Waals surface area contributed by atoms with E-state index in [1.807, 2.05) is 6.26 Å². The van der Waals surface area contributed by atoms with E-state index in [2.05, 4.69) is 9.97 Å². The molecule has 0 aliphatic heterocycles. The van der Waals surface area contributed by atoms with Crippen LogP contribution in [0, 0.1) is 5.82 Å². The first-order chi connectivity index (χ1) is 10.5. The average molecular weight is 344 g/mol. The lowest BCUT2D eigenvalue weighted by molar-refractivity contribution is 0.368. The van der Waals surface area contributed by atoms with E-state index in [9.17, 15) is 4.39 Å². The molecular weight excluding hydrogens is 329 g/mol. The lowest BCUT2D eigenvalue weighted by Crippen LogP contribution is -2.08. The van der Waals surface area contributed by atoms with Crippen LogP contribution in [0.2, 0.25) is 5.02 Å². The summed E-state index contributed by atoms with van der Waals surface area (Å²) in [7, 11) is 2.99. The van der Waals surface area contributed by atoms with Gasteiger partial charge in [-0.3, -0.25) is 0 Å². The third kappa shape index (κ3) is 3.36. The fourth-order valence-corrected chi connectivity index (χ4v) is 2.92. The highest BCUT2D eigenvalue weighted by Gasteiger charge is 2.22. The monoisotopic (exact) mass is 343 g/mol. The van der Waals surface area contributed by atoms with Crippen molar-refractivity contribution in [3.8, 4) is 11.8 Å². The molecule has 0 saturated heterocycles. The van der Waals surface area contributed by atoms with Crippen molar-refractivity contribution in [2.24, 2.45) is 0 Å². The van der Waals surface area contributed by atoms with Crippen LogP contribution in [0.4, 0.5) is 10.1 Å². The number of anilines is 1. The number of hydrogen-bond acceptors (Lipinski definition) is 6. The fraction of sp³-hybridized carbons (Fsp3) is 0.286. The van der Waals surface area contributed by atoms with Gasteiger partial charge in [0.2, 0.25) is 11.8 Å². The number of thioether (sulfide) groups is 1. The summed E-state index contributed by atoms with van der Waals surface area (Å²) in [5.74, 6) is 0.629. The molecule has 0 spiro atoms. The zero-order valence-corrected chi connectivity index (χ0v) is 13.8. The number of methoxy groups -OCH3 is 2. The molecule has 0 saturated carbocycles. The number of aromatic nitrogens is 2. The van der Waals surface area contributed by atoms with Crippen LogP contribution in [0.1, 0.15) is 16.6 Å². The van der Waals surface area contributed by atoms with Crippen molar-refractivity contribution in [1.29, 1.82) is 0 Å². The first-order valence-corrected chi connectivity index (χ1v) is 7.91. The van der Waals surface area contributed by atoms with Gasteiger partial charge >= 0.3 is 0 Å². The molecule has 1 aromatic heterocycles. The summed E-state index contributed by atoms with van der Waals surface area (Å²) < 4.78 is 23.9. The van der Waals surface area contributed by atoms with Crippen LogP contribution in [0.3, 0.4) is 0 Å². The van der Waals surface area contributed by atoms with Crippen LogP contribution in [0.15, 0.2) is 18.2 Å². The van der Waals surface area contributed by atoms with Crippen molar-refractivity contribution >= 4 is 29.1 Å². The van der Waals surface area contributed by atoms with Gasteiger partial charge in [-0.25, -0.2) is 4.39 Å². The Morgan fingerprint density at radius 1 is 1.18 bits per heavy atom. The van der Waals surface area contributed by atoms with Gasteiger partial charge in [-0.1, -0.05) is 11.6 Å². The Morgan fingerprint density at radius 2 is 1.77 bits per heavy atom. The molecule has 22 heavy (non-hydrogen) atoms. The molecule has 2 aromatic rings. The van der Waals surface area contributed by atoms with Crippen LogP contribution in [-0.2, 0) is 0 Å². The standard InChI is InChI=1S/C14H15ClFN3O2S/c1-20-10-6-11(21-2)19-14(18-10)13(22-3)8-4-7(16)5-9(15)12(8)17/h4-6,13H,17H2,1-3H3. The molecule has 1 heterocycles. The number of nitrogen functional groups attached to an aromatic ring is 1. The normalized spacial score (nSPS) is 12.0. The predicted octanol–water partition coefficient (Wildman–Crippen LogP) is 3.32. The van der Waals surface area contributed by atoms with Gasteiger partial charge in [0.15, 0.2) is 5.82 Å². The summed E-state index contributed by atoms with van der Waals surface area (Å²) in [5, 5.41) is -0.249. The Balaban J connectivity index is 2.57. The predicted molar refractivity (Wildman–Crippen MR) is 86.3 cm³/mol. The van der Waals surface area contributed by atoms with Crippen LogP contribution < -0.4 is 15.2 Å². The first-order valence-electron chi connectivity index (χ1n) is 6.24. The summed E-state index contributed by atoms with van der Waals surface area (Å²) in [5.41, 5.74) is 6.78. The maximum Gasteiger partial charge on any atom is 0.220 e. The summed E-state index contributed by atoms with van der Waals surface area (Å²) in [4.78, 5) is 8.59. The van der Waals surface area contributed by atoms with Crippen LogP contribution in [-0.4, -0.2) is 30.4 Å². The number of halogens is 2. The minimum atomic E-state index is -0.469. The molecule has 1 aromatic carbocycles. The molecule has 8 heteroatoms. The van der Waals surface area contributed by atoms with E-state index in [0.29, 0.717) is 28.8 Å². The molecule has 1 atom stereocenters. The van der Waals surface area contributed by atoms with Gasteiger partial charge in [-0.2, -0.15) is 9.97 Å². The van der Waals surface area contributed by atoms with E-state index in [0.717, 1.165) is 0 Å². The first kappa shape index (κ1) is 16.6. The number of nitrogens with two attached hydrogens (primary N) is 1. The largest absolute Gasteiger partial charge is 0.481 e. The van der Waals surface area contributed by atoms with E-state index in [4.69, 9.17) is 26.8 Å². The Hall–Kier alpha value is -1.73. The van der Waals surface area contributed by atoms with Gasteiger partial charge in [0.1, 0.15) is 5.82 Å². The van der Waals surface area contributed by atoms with Crippen molar-refractivity contribution in [3.63, 3.8) is 0 Å². The molecule has 2 rings (SSSR count). The number of rotatable bonds is 5. The van der Waals surface area contributed by atoms with Crippen molar-refractivity contribution in [2.75, 3.05) is 26.2 Å². The van der Waals surface area contributed by atoms with E-state index < -0.39 is 11.1 Å². The lowest BCUT2D eigenvalue weighted by atomic mass is 10.1. The number of nitrogens with zero attached hydrogens (tertiary/aromatic N) is 2.